The number of rotatable bonds is 6. The molecule has 1 saturated heterocycles. The van der Waals surface area contributed by atoms with Gasteiger partial charge in [0.05, 0.1) is 37.4 Å². The first-order valence-electron chi connectivity index (χ1n) is 8.79. The van der Waals surface area contributed by atoms with Gasteiger partial charge in [0.15, 0.2) is 11.5 Å². The Morgan fingerprint density at radius 3 is 2.15 bits per heavy atom. The Bertz CT molecular complexity index is 770. The quantitative estimate of drug-likeness (QED) is 0.778. The van der Waals surface area contributed by atoms with Crippen LogP contribution >= 0.6 is 23.2 Å². The fraction of sp³-hybridized carbons (Fsp3) is 0.400. The summed E-state index contributed by atoms with van der Waals surface area (Å²) < 4.78 is 16.6. The second-order valence-corrected chi connectivity index (χ2v) is 7.08. The molecule has 1 fully saturated rings. The number of hydrogen-bond acceptors (Lipinski definition) is 5. The van der Waals surface area contributed by atoms with Gasteiger partial charge in [-0.25, -0.2) is 0 Å². The Kier molecular flexibility index (Phi) is 6.71. The van der Waals surface area contributed by atoms with Crippen LogP contribution in [0.4, 0.5) is 0 Å². The van der Waals surface area contributed by atoms with Crippen LogP contribution in [0, 0.1) is 0 Å². The van der Waals surface area contributed by atoms with Crippen molar-refractivity contribution in [2.24, 2.45) is 0 Å². The molecule has 2 aromatic carbocycles. The van der Waals surface area contributed by atoms with E-state index in [1.807, 2.05) is 24.3 Å². The van der Waals surface area contributed by atoms with Crippen LogP contribution in [-0.2, 0) is 0 Å². The van der Waals surface area contributed by atoms with Gasteiger partial charge in [0.25, 0.3) is 0 Å². The lowest BCUT2D eigenvalue weighted by atomic mass is 9.95. The van der Waals surface area contributed by atoms with Crippen LogP contribution in [0.3, 0.4) is 0 Å². The molecule has 1 heterocycles. The number of hydrogen-bond donors (Lipinski definition) is 1. The zero-order valence-electron chi connectivity index (χ0n) is 15.7. The maximum Gasteiger partial charge on any atom is 0.203 e. The van der Waals surface area contributed by atoms with Gasteiger partial charge in [-0.05, 0) is 29.3 Å². The van der Waals surface area contributed by atoms with Gasteiger partial charge in [-0.3, -0.25) is 4.90 Å². The van der Waals surface area contributed by atoms with E-state index < -0.39 is 0 Å². The van der Waals surface area contributed by atoms with Gasteiger partial charge >= 0.3 is 0 Å². The van der Waals surface area contributed by atoms with Crippen LogP contribution in [-0.4, -0.2) is 52.4 Å². The van der Waals surface area contributed by atoms with Gasteiger partial charge in [0.1, 0.15) is 0 Å². The van der Waals surface area contributed by atoms with Crippen molar-refractivity contribution in [3.8, 4) is 17.2 Å². The fourth-order valence-corrected chi connectivity index (χ4v) is 3.93. The number of methoxy groups -OCH3 is 3. The van der Waals surface area contributed by atoms with E-state index in [4.69, 9.17) is 37.4 Å². The third-order valence-electron chi connectivity index (χ3n) is 4.80. The predicted octanol–water partition coefficient (Wildman–Crippen LogP) is 4.01. The van der Waals surface area contributed by atoms with E-state index in [9.17, 15) is 0 Å². The highest BCUT2D eigenvalue weighted by atomic mass is 35.5. The highest BCUT2D eigenvalue weighted by molar-refractivity contribution is 6.42. The first-order valence-corrected chi connectivity index (χ1v) is 9.54. The van der Waals surface area contributed by atoms with Crippen LogP contribution in [0.5, 0.6) is 17.2 Å². The van der Waals surface area contributed by atoms with E-state index in [1.165, 1.54) is 0 Å². The number of nitrogens with zero attached hydrogens (tertiary/aromatic N) is 1. The molecule has 5 nitrogen and oxygen atoms in total. The summed E-state index contributed by atoms with van der Waals surface area (Å²) in [6, 6.07) is 9.63. The molecule has 27 heavy (non-hydrogen) atoms. The van der Waals surface area contributed by atoms with E-state index in [0.29, 0.717) is 27.3 Å². The molecule has 146 valence electrons. The van der Waals surface area contributed by atoms with Crippen molar-refractivity contribution in [3.05, 3.63) is 51.5 Å². The summed E-state index contributed by atoms with van der Waals surface area (Å²) in [6.07, 6.45) is 0. The summed E-state index contributed by atoms with van der Waals surface area (Å²) in [7, 11) is 4.84. The molecule has 1 N–H and O–H groups in total. The Balaban J connectivity index is 2.17. The number of nitrogens with one attached hydrogen (secondary N) is 1. The summed E-state index contributed by atoms with van der Waals surface area (Å²) in [5.74, 6) is 1.80. The topological polar surface area (TPSA) is 43.0 Å². The molecule has 3 rings (SSSR count). The molecule has 7 heteroatoms. The van der Waals surface area contributed by atoms with E-state index in [1.54, 1.807) is 27.4 Å². The van der Waals surface area contributed by atoms with Crippen molar-refractivity contribution in [1.29, 1.82) is 0 Å². The summed E-state index contributed by atoms with van der Waals surface area (Å²) in [5.41, 5.74) is 1.97. The van der Waals surface area contributed by atoms with Crippen LogP contribution in [0.1, 0.15) is 17.2 Å². The van der Waals surface area contributed by atoms with E-state index in [0.717, 1.165) is 37.3 Å². The van der Waals surface area contributed by atoms with Crippen molar-refractivity contribution >= 4 is 23.2 Å². The SMILES string of the molecule is COc1cc(C(c2cccc(Cl)c2Cl)N2CCNCC2)cc(OC)c1OC. The van der Waals surface area contributed by atoms with E-state index in [-0.39, 0.29) is 6.04 Å². The molecular weight excluding hydrogens is 387 g/mol. The van der Waals surface area contributed by atoms with Crippen LogP contribution in [0.2, 0.25) is 10.0 Å². The van der Waals surface area contributed by atoms with Crippen LogP contribution in [0.25, 0.3) is 0 Å². The second-order valence-electron chi connectivity index (χ2n) is 6.29. The van der Waals surface area contributed by atoms with Crippen molar-refractivity contribution in [2.75, 3.05) is 47.5 Å². The minimum atomic E-state index is -0.0768. The molecule has 1 aliphatic rings. The van der Waals surface area contributed by atoms with Gasteiger partial charge in [-0.1, -0.05) is 35.3 Å². The van der Waals surface area contributed by atoms with Gasteiger partial charge < -0.3 is 19.5 Å². The molecule has 0 spiro atoms. The maximum atomic E-state index is 6.60. The number of benzene rings is 2. The molecular formula is C20H24Cl2N2O3. The highest BCUT2D eigenvalue weighted by Crippen LogP contribution is 2.44. The Labute approximate surface area is 170 Å². The molecule has 0 saturated carbocycles. The average molecular weight is 411 g/mol. The second kappa shape index (κ2) is 9.02. The largest absolute Gasteiger partial charge is 0.493 e. The highest BCUT2D eigenvalue weighted by Gasteiger charge is 2.28. The Morgan fingerprint density at radius 1 is 0.963 bits per heavy atom. The van der Waals surface area contributed by atoms with Gasteiger partial charge in [-0.15, -0.1) is 0 Å². The molecule has 0 aliphatic carbocycles. The molecule has 0 amide bonds. The molecule has 1 unspecified atom stereocenters. The third kappa shape index (κ3) is 4.11. The van der Waals surface area contributed by atoms with Crippen molar-refractivity contribution < 1.29 is 14.2 Å². The minimum absolute atomic E-state index is 0.0768. The monoisotopic (exact) mass is 410 g/mol. The smallest absolute Gasteiger partial charge is 0.203 e. The van der Waals surface area contributed by atoms with E-state index >= 15 is 0 Å². The van der Waals surface area contributed by atoms with Crippen LogP contribution < -0.4 is 19.5 Å². The number of piperazine rings is 1. The lowest BCUT2D eigenvalue weighted by Gasteiger charge is -2.36. The van der Waals surface area contributed by atoms with Crippen molar-refractivity contribution in [3.63, 3.8) is 0 Å². The third-order valence-corrected chi connectivity index (χ3v) is 5.63. The normalized spacial score (nSPS) is 16.0. The maximum absolute atomic E-state index is 6.60. The predicted molar refractivity (Wildman–Crippen MR) is 109 cm³/mol. The van der Waals surface area contributed by atoms with Gasteiger partial charge in [-0.2, -0.15) is 0 Å². The molecule has 0 radical (unpaired) electrons. The number of halogens is 2. The lowest BCUT2D eigenvalue weighted by molar-refractivity contribution is 0.197. The zero-order chi connectivity index (χ0) is 19.4. The Morgan fingerprint density at radius 2 is 1.59 bits per heavy atom. The summed E-state index contributed by atoms with van der Waals surface area (Å²) in [5, 5.41) is 4.50. The average Bonchev–Trinajstić information content (AvgIpc) is 2.71. The van der Waals surface area contributed by atoms with Crippen molar-refractivity contribution in [1.82, 2.24) is 10.2 Å². The summed E-state index contributed by atoms with van der Waals surface area (Å²) in [4.78, 5) is 2.38. The first kappa shape index (κ1) is 20.1. The van der Waals surface area contributed by atoms with E-state index in [2.05, 4.69) is 10.2 Å². The lowest BCUT2D eigenvalue weighted by Crippen LogP contribution is -2.45. The molecule has 2 aromatic rings. The summed E-state index contributed by atoms with van der Waals surface area (Å²) >= 11 is 12.9. The van der Waals surface area contributed by atoms with Gasteiger partial charge in [0, 0.05) is 26.2 Å². The fourth-order valence-electron chi connectivity index (χ4n) is 3.52. The minimum Gasteiger partial charge on any atom is -0.493 e. The molecule has 1 atom stereocenters. The molecule has 0 bridgehead atoms. The first-order chi connectivity index (χ1) is 13.1. The van der Waals surface area contributed by atoms with Gasteiger partial charge in [0.2, 0.25) is 5.75 Å². The standard InChI is InChI=1S/C20H24Cl2N2O3/c1-25-16-11-13(12-17(26-2)20(16)27-3)19(24-9-7-23-8-10-24)14-5-4-6-15(21)18(14)22/h4-6,11-12,19,23H,7-10H2,1-3H3. The molecule has 1 aliphatic heterocycles. The van der Waals surface area contributed by atoms with Crippen LogP contribution in [0.15, 0.2) is 30.3 Å². The Hall–Kier alpha value is -1.66. The number of ether oxygens (including phenoxy) is 3. The zero-order valence-corrected chi connectivity index (χ0v) is 17.2. The molecule has 0 aromatic heterocycles. The van der Waals surface area contributed by atoms with Crippen molar-refractivity contribution in [2.45, 2.75) is 6.04 Å². The summed E-state index contributed by atoms with van der Waals surface area (Å²) in [6.45, 7) is 3.62.